The molecule has 0 bridgehead atoms. The normalized spacial score (nSPS) is 17.8. The molecule has 0 atom stereocenters. The van der Waals surface area contributed by atoms with Crippen LogP contribution in [0.25, 0.3) is 11.3 Å². The summed E-state index contributed by atoms with van der Waals surface area (Å²) in [5.74, 6) is 0. The number of hydrogen-bond donors (Lipinski definition) is 0. The van der Waals surface area contributed by atoms with E-state index in [9.17, 15) is 4.79 Å². The lowest BCUT2D eigenvalue weighted by molar-refractivity contribution is 0.282. The van der Waals surface area contributed by atoms with Gasteiger partial charge >= 0.3 is 0 Å². The summed E-state index contributed by atoms with van der Waals surface area (Å²) in [5, 5.41) is 1.29. The van der Waals surface area contributed by atoms with Crippen LogP contribution in [-0.4, -0.2) is 14.8 Å². The molecule has 144 valence electrons. The van der Waals surface area contributed by atoms with Gasteiger partial charge in [-0.3, -0.25) is 9.36 Å². The first kappa shape index (κ1) is 18.8. The fraction of sp³-hybridized carbons (Fsp3) is 0.565. The first-order valence-corrected chi connectivity index (χ1v) is 11.3. The maximum atomic E-state index is 13.8. The van der Waals surface area contributed by atoms with Crippen LogP contribution in [-0.2, 0) is 18.4 Å². The first-order valence-electron chi connectivity index (χ1n) is 10.5. The predicted octanol–water partition coefficient (Wildman–Crippen LogP) is 5.58. The Morgan fingerprint density at radius 2 is 1.93 bits per heavy atom. The maximum Gasteiger partial charge on any atom is 0.258 e. The minimum absolute atomic E-state index is 0.0114. The third-order valence-electron chi connectivity index (χ3n) is 6.06. The Morgan fingerprint density at radius 1 is 1.19 bits per heavy atom. The van der Waals surface area contributed by atoms with E-state index in [4.69, 9.17) is 4.98 Å². The van der Waals surface area contributed by atoms with E-state index in [2.05, 4.69) is 45.0 Å². The van der Waals surface area contributed by atoms with Gasteiger partial charge < -0.3 is 0 Å². The van der Waals surface area contributed by atoms with Crippen LogP contribution in [0.2, 0.25) is 0 Å². The third kappa shape index (κ3) is 3.26. The van der Waals surface area contributed by atoms with Crippen molar-refractivity contribution in [1.29, 1.82) is 0 Å². The van der Waals surface area contributed by atoms with Crippen LogP contribution in [0.3, 0.4) is 0 Å². The second-order valence-electron chi connectivity index (χ2n) is 8.42. The van der Waals surface area contributed by atoms with Gasteiger partial charge in [0, 0.05) is 22.8 Å². The molecule has 4 heteroatoms. The highest BCUT2D eigenvalue weighted by atomic mass is 32.2. The van der Waals surface area contributed by atoms with Crippen molar-refractivity contribution in [2.24, 2.45) is 0 Å². The summed E-state index contributed by atoms with van der Waals surface area (Å²) in [6, 6.07) is 8.60. The van der Waals surface area contributed by atoms with Crippen molar-refractivity contribution in [3.8, 4) is 11.3 Å². The predicted molar refractivity (Wildman–Crippen MR) is 114 cm³/mol. The molecule has 0 amide bonds. The molecular weight excluding hydrogens is 352 g/mol. The summed E-state index contributed by atoms with van der Waals surface area (Å²) < 4.78 is 1.97. The summed E-state index contributed by atoms with van der Waals surface area (Å²) in [5.41, 5.74) is 4.74. The number of thioether (sulfide) groups is 1. The highest BCUT2D eigenvalue weighted by Crippen LogP contribution is 2.48. The van der Waals surface area contributed by atoms with E-state index in [-0.39, 0.29) is 11.0 Å². The molecule has 2 aliphatic rings. The Labute approximate surface area is 166 Å². The van der Waals surface area contributed by atoms with Crippen LogP contribution in [0.5, 0.6) is 0 Å². The molecule has 0 radical (unpaired) electrons. The zero-order valence-electron chi connectivity index (χ0n) is 16.8. The van der Waals surface area contributed by atoms with Crippen molar-refractivity contribution in [1.82, 2.24) is 9.55 Å². The van der Waals surface area contributed by atoms with Gasteiger partial charge in [0.15, 0.2) is 5.16 Å². The topological polar surface area (TPSA) is 34.9 Å². The molecule has 0 aliphatic heterocycles. The molecule has 4 rings (SSSR count). The lowest BCUT2D eigenvalue weighted by Crippen LogP contribution is -2.43. The van der Waals surface area contributed by atoms with Crippen molar-refractivity contribution in [3.63, 3.8) is 0 Å². The zero-order valence-corrected chi connectivity index (χ0v) is 17.6. The van der Waals surface area contributed by atoms with Gasteiger partial charge in [-0.2, -0.15) is 0 Å². The average molecular weight is 383 g/mol. The highest BCUT2D eigenvalue weighted by Gasteiger charge is 2.43. The smallest absolute Gasteiger partial charge is 0.258 e. The number of nitrogens with zero attached hydrogens (tertiary/aromatic N) is 2. The van der Waals surface area contributed by atoms with E-state index < -0.39 is 0 Å². The number of aromatic nitrogens is 2. The summed E-state index contributed by atoms with van der Waals surface area (Å²) in [6.07, 6.45) is 7.92. The van der Waals surface area contributed by atoms with Crippen molar-refractivity contribution < 1.29 is 0 Å². The van der Waals surface area contributed by atoms with Gasteiger partial charge in [-0.05, 0) is 31.2 Å². The molecule has 3 nitrogen and oxygen atoms in total. The fourth-order valence-corrected chi connectivity index (χ4v) is 5.81. The minimum atomic E-state index is -0.0114. The molecule has 1 spiro atoms. The maximum absolute atomic E-state index is 13.8. The third-order valence-corrected chi connectivity index (χ3v) is 7.06. The molecular formula is C23H30N2OS. The molecule has 1 saturated carbocycles. The Kier molecular flexibility index (Phi) is 5.19. The standard InChI is InChI=1S/C23H30N2OS/c1-4-14-25-21(26)19-20(24-22(25)27-16(2)3)18-11-7-6-10-17(18)15-23(19)12-8-5-9-13-23/h6-7,10-11,16H,4-5,8-9,12-15H2,1-3H3. The van der Waals surface area contributed by atoms with Gasteiger partial charge in [0.2, 0.25) is 0 Å². The second-order valence-corrected chi connectivity index (χ2v) is 9.96. The van der Waals surface area contributed by atoms with E-state index in [1.165, 1.54) is 30.4 Å². The highest BCUT2D eigenvalue weighted by molar-refractivity contribution is 7.99. The lowest BCUT2D eigenvalue weighted by atomic mass is 9.62. The molecule has 1 aromatic carbocycles. The quantitative estimate of drug-likeness (QED) is 0.511. The Balaban J connectivity index is 2.00. The Bertz CT molecular complexity index is 894. The van der Waals surface area contributed by atoms with Crippen LogP contribution in [0.1, 0.15) is 70.4 Å². The second kappa shape index (κ2) is 7.46. The van der Waals surface area contributed by atoms with Crippen molar-refractivity contribution in [2.45, 2.75) is 88.1 Å². The van der Waals surface area contributed by atoms with Gasteiger partial charge in [0.25, 0.3) is 5.56 Å². The summed E-state index contributed by atoms with van der Waals surface area (Å²) in [6.45, 7) is 7.24. The molecule has 1 heterocycles. The summed E-state index contributed by atoms with van der Waals surface area (Å²) >= 11 is 1.71. The van der Waals surface area contributed by atoms with Gasteiger partial charge in [0.1, 0.15) is 0 Å². The lowest BCUT2D eigenvalue weighted by Gasteiger charge is -2.42. The van der Waals surface area contributed by atoms with Gasteiger partial charge in [-0.1, -0.05) is 76.1 Å². The molecule has 1 aromatic heterocycles. The fourth-order valence-electron chi connectivity index (χ4n) is 4.94. The van der Waals surface area contributed by atoms with Gasteiger partial charge in [-0.15, -0.1) is 0 Å². The van der Waals surface area contributed by atoms with Crippen LogP contribution in [0.4, 0.5) is 0 Å². The van der Waals surface area contributed by atoms with E-state index in [1.54, 1.807) is 11.8 Å². The first-order chi connectivity index (χ1) is 13.1. The number of benzene rings is 1. The molecule has 0 N–H and O–H groups in total. The zero-order chi connectivity index (χ0) is 19.0. The summed E-state index contributed by atoms with van der Waals surface area (Å²) in [7, 11) is 0. The van der Waals surface area contributed by atoms with Crippen molar-refractivity contribution in [2.75, 3.05) is 0 Å². The molecule has 0 saturated heterocycles. The molecule has 2 aromatic rings. The number of hydrogen-bond acceptors (Lipinski definition) is 3. The van der Waals surface area contributed by atoms with Crippen molar-refractivity contribution >= 4 is 11.8 Å². The van der Waals surface area contributed by atoms with Gasteiger partial charge in [-0.25, -0.2) is 4.98 Å². The monoisotopic (exact) mass is 382 g/mol. The summed E-state index contributed by atoms with van der Waals surface area (Å²) in [4.78, 5) is 18.9. The largest absolute Gasteiger partial charge is 0.287 e. The Hall–Kier alpha value is -1.55. The molecule has 27 heavy (non-hydrogen) atoms. The average Bonchev–Trinajstić information content (AvgIpc) is 2.65. The van der Waals surface area contributed by atoms with Gasteiger partial charge in [0.05, 0.1) is 11.3 Å². The molecule has 1 fully saturated rings. The van der Waals surface area contributed by atoms with E-state index in [0.717, 1.165) is 48.6 Å². The Morgan fingerprint density at radius 3 is 2.63 bits per heavy atom. The van der Waals surface area contributed by atoms with Crippen LogP contribution in [0, 0.1) is 0 Å². The van der Waals surface area contributed by atoms with Crippen LogP contribution >= 0.6 is 11.8 Å². The number of fused-ring (bicyclic) bond motifs is 4. The van der Waals surface area contributed by atoms with E-state index in [0.29, 0.717) is 5.25 Å². The minimum Gasteiger partial charge on any atom is -0.287 e. The SMILES string of the molecule is CCCn1c(SC(C)C)nc2c(c1=O)C1(CCCCC1)Cc1ccccc1-2. The van der Waals surface area contributed by atoms with Crippen molar-refractivity contribution in [3.05, 3.63) is 45.7 Å². The molecule has 0 unspecified atom stereocenters. The van der Waals surface area contributed by atoms with E-state index in [1.807, 2.05) is 4.57 Å². The molecule has 2 aliphatic carbocycles. The number of rotatable bonds is 4. The van der Waals surface area contributed by atoms with Crippen LogP contribution < -0.4 is 5.56 Å². The van der Waals surface area contributed by atoms with Crippen LogP contribution in [0.15, 0.2) is 34.2 Å². The van der Waals surface area contributed by atoms with E-state index >= 15 is 0 Å².